The van der Waals surface area contributed by atoms with Gasteiger partial charge in [-0.25, -0.2) is 4.57 Å². The molecule has 65 heavy (non-hydrogen) atoms. The minimum Gasteiger partial charge on any atom is -0.457 e. The zero-order chi connectivity index (χ0) is 47.3. The van der Waals surface area contributed by atoms with Gasteiger partial charge in [-0.1, -0.05) is 241 Å². The molecular formula is C56H102NO7P. The van der Waals surface area contributed by atoms with Crippen molar-refractivity contribution in [3.63, 3.8) is 0 Å². The van der Waals surface area contributed by atoms with E-state index >= 15 is 0 Å². The van der Waals surface area contributed by atoms with E-state index in [0.717, 1.165) is 83.5 Å². The number of hydrogen-bond donors (Lipinski definition) is 2. The molecule has 0 rings (SSSR count). The van der Waals surface area contributed by atoms with E-state index in [2.05, 4.69) is 86.8 Å². The van der Waals surface area contributed by atoms with Gasteiger partial charge in [-0.2, -0.15) is 0 Å². The van der Waals surface area contributed by atoms with Crippen LogP contribution in [0.1, 0.15) is 239 Å². The van der Waals surface area contributed by atoms with Gasteiger partial charge >= 0.3 is 13.8 Å². The number of rotatable bonds is 51. The molecule has 0 saturated heterocycles. The van der Waals surface area contributed by atoms with Crippen LogP contribution in [0, 0.1) is 0 Å². The highest BCUT2D eigenvalue weighted by molar-refractivity contribution is 7.47. The Hall–Kier alpha value is -2.06. The van der Waals surface area contributed by atoms with E-state index in [-0.39, 0.29) is 32.3 Å². The minimum atomic E-state index is -4.29. The number of carbonyl (C=O) groups excluding carboxylic acids is 1. The van der Waals surface area contributed by atoms with E-state index in [0.29, 0.717) is 13.0 Å². The van der Waals surface area contributed by atoms with Crippen LogP contribution in [-0.2, 0) is 27.9 Å². The van der Waals surface area contributed by atoms with Crippen molar-refractivity contribution in [3.8, 4) is 0 Å². The van der Waals surface area contributed by atoms with Gasteiger partial charge in [0.1, 0.15) is 6.10 Å². The second-order valence-electron chi connectivity index (χ2n) is 17.7. The zero-order valence-electron chi connectivity index (χ0n) is 42.2. The fourth-order valence-corrected chi connectivity index (χ4v) is 8.24. The Balaban J connectivity index is 3.97. The molecule has 8 nitrogen and oxygen atoms in total. The van der Waals surface area contributed by atoms with Crippen molar-refractivity contribution in [2.24, 2.45) is 5.73 Å². The fraction of sp³-hybridized carbons (Fsp3) is 0.768. The Bertz CT molecular complexity index is 1230. The van der Waals surface area contributed by atoms with Gasteiger partial charge in [-0.05, 0) is 64.2 Å². The quantitative estimate of drug-likeness (QED) is 0.0268. The van der Waals surface area contributed by atoms with Crippen LogP contribution in [0.5, 0.6) is 0 Å². The summed E-state index contributed by atoms with van der Waals surface area (Å²) in [5, 5.41) is 0. The van der Waals surface area contributed by atoms with Gasteiger partial charge in [0.2, 0.25) is 0 Å². The molecule has 0 amide bonds. The van der Waals surface area contributed by atoms with Gasteiger partial charge in [0, 0.05) is 19.6 Å². The van der Waals surface area contributed by atoms with Gasteiger partial charge in [-0.15, -0.1) is 0 Å². The first-order valence-electron chi connectivity index (χ1n) is 26.9. The molecule has 0 heterocycles. The number of phosphoric acid groups is 1. The van der Waals surface area contributed by atoms with Crippen LogP contribution in [0.2, 0.25) is 0 Å². The summed E-state index contributed by atoms with van der Waals surface area (Å²) in [4.78, 5) is 22.6. The average molecular weight is 932 g/mol. The summed E-state index contributed by atoms with van der Waals surface area (Å²) in [5.74, 6) is -0.343. The first-order chi connectivity index (χ1) is 31.9. The molecule has 0 radical (unpaired) electrons. The van der Waals surface area contributed by atoms with Crippen molar-refractivity contribution in [1.29, 1.82) is 0 Å². The van der Waals surface area contributed by atoms with E-state index in [9.17, 15) is 14.3 Å². The maximum absolute atomic E-state index is 12.7. The van der Waals surface area contributed by atoms with Gasteiger partial charge in [0.25, 0.3) is 0 Å². The summed E-state index contributed by atoms with van der Waals surface area (Å²) in [6, 6.07) is 0. The molecule has 0 saturated carbocycles. The lowest BCUT2D eigenvalue weighted by Crippen LogP contribution is -2.28. The lowest BCUT2D eigenvalue weighted by atomic mass is 10.0. The maximum atomic E-state index is 12.7. The smallest absolute Gasteiger partial charge is 0.457 e. The van der Waals surface area contributed by atoms with Crippen LogP contribution in [0.4, 0.5) is 0 Å². The average Bonchev–Trinajstić information content (AvgIpc) is 3.30. The summed E-state index contributed by atoms with van der Waals surface area (Å²) in [5.41, 5.74) is 5.39. The number of ether oxygens (including phenoxy) is 2. The zero-order valence-corrected chi connectivity index (χ0v) is 43.1. The molecule has 0 aliphatic carbocycles. The van der Waals surface area contributed by atoms with Crippen LogP contribution >= 0.6 is 7.82 Å². The number of phosphoric ester groups is 1. The normalized spacial score (nSPS) is 13.8. The summed E-state index contributed by atoms with van der Waals surface area (Å²) < 4.78 is 33.6. The van der Waals surface area contributed by atoms with E-state index < -0.39 is 13.9 Å². The van der Waals surface area contributed by atoms with Crippen molar-refractivity contribution in [2.75, 3.05) is 33.0 Å². The molecule has 0 aromatic rings. The number of hydrogen-bond acceptors (Lipinski definition) is 7. The molecule has 3 N–H and O–H groups in total. The van der Waals surface area contributed by atoms with E-state index in [1.165, 1.54) is 135 Å². The predicted molar refractivity (Wildman–Crippen MR) is 279 cm³/mol. The highest BCUT2D eigenvalue weighted by atomic mass is 31.2. The molecule has 0 spiro atoms. The summed E-state index contributed by atoms with van der Waals surface area (Å²) in [7, 11) is -4.29. The fourth-order valence-electron chi connectivity index (χ4n) is 7.47. The molecule has 378 valence electrons. The molecule has 0 aliphatic heterocycles. The topological polar surface area (TPSA) is 117 Å². The Morgan fingerprint density at radius 3 is 1.29 bits per heavy atom. The lowest BCUT2D eigenvalue weighted by molar-refractivity contribution is -0.154. The molecule has 0 bridgehead atoms. The molecule has 0 aromatic heterocycles. The Morgan fingerprint density at radius 2 is 0.862 bits per heavy atom. The van der Waals surface area contributed by atoms with Crippen molar-refractivity contribution in [3.05, 3.63) is 72.9 Å². The molecule has 2 unspecified atom stereocenters. The monoisotopic (exact) mass is 932 g/mol. The van der Waals surface area contributed by atoms with E-state index in [1.54, 1.807) is 0 Å². The second-order valence-corrected chi connectivity index (χ2v) is 19.2. The SMILES string of the molecule is CC/C=C\C/C=C\C/C=C\C/C=C\C/C=C\C/C=C\CCCCCCCCC(=O)OC(COCCCCCCCCCCCCCCCCCCCCCCC)COP(=O)(O)OCCN. The van der Waals surface area contributed by atoms with Crippen LogP contribution in [0.3, 0.4) is 0 Å². The lowest BCUT2D eigenvalue weighted by Gasteiger charge is -2.20. The molecular weight excluding hydrogens is 830 g/mol. The number of carbonyl (C=O) groups is 1. The largest absolute Gasteiger partial charge is 0.472 e. The van der Waals surface area contributed by atoms with Crippen LogP contribution in [0.25, 0.3) is 0 Å². The first kappa shape index (κ1) is 62.9. The molecule has 0 aliphatic rings. The van der Waals surface area contributed by atoms with Crippen molar-refractivity contribution >= 4 is 13.8 Å². The van der Waals surface area contributed by atoms with Gasteiger partial charge in [0.15, 0.2) is 0 Å². The first-order valence-corrected chi connectivity index (χ1v) is 28.4. The van der Waals surface area contributed by atoms with Crippen LogP contribution < -0.4 is 5.73 Å². The third kappa shape index (κ3) is 52.8. The number of esters is 1. The third-order valence-electron chi connectivity index (χ3n) is 11.4. The number of unbranched alkanes of at least 4 members (excludes halogenated alkanes) is 26. The van der Waals surface area contributed by atoms with Gasteiger partial charge in [-0.3, -0.25) is 13.8 Å². The van der Waals surface area contributed by atoms with Crippen LogP contribution in [-0.4, -0.2) is 49.9 Å². The third-order valence-corrected chi connectivity index (χ3v) is 12.4. The molecule has 2 atom stereocenters. The van der Waals surface area contributed by atoms with E-state index in [4.69, 9.17) is 24.3 Å². The number of nitrogens with two attached hydrogens (primary N) is 1. The summed E-state index contributed by atoms with van der Waals surface area (Å²) in [6.45, 7) is 4.82. The van der Waals surface area contributed by atoms with Crippen molar-refractivity contribution in [1.82, 2.24) is 0 Å². The Labute approximate surface area is 401 Å². The van der Waals surface area contributed by atoms with Crippen molar-refractivity contribution in [2.45, 2.75) is 245 Å². The van der Waals surface area contributed by atoms with E-state index in [1.807, 2.05) is 0 Å². The summed E-state index contributed by atoms with van der Waals surface area (Å²) in [6.07, 6.45) is 68.0. The molecule has 0 fully saturated rings. The highest BCUT2D eigenvalue weighted by Crippen LogP contribution is 2.43. The predicted octanol–water partition coefficient (Wildman–Crippen LogP) is 17.0. The van der Waals surface area contributed by atoms with Gasteiger partial charge < -0.3 is 20.1 Å². The molecule has 9 heteroatoms. The van der Waals surface area contributed by atoms with Gasteiger partial charge in [0.05, 0.1) is 19.8 Å². The maximum Gasteiger partial charge on any atom is 0.472 e. The second kappa shape index (κ2) is 52.9. The summed E-state index contributed by atoms with van der Waals surface area (Å²) >= 11 is 0. The standard InChI is InChI=1S/C56H102NO7P/c1-3-5-7-9-11-13-15-17-19-21-23-25-26-27-28-29-31-33-35-37-39-41-43-45-47-49-56(58)64-55(54-63-65(59,60)62-52-50-57)53-61-51-48-46-44-42-40-38-36-34-32-30-24-22-20-18-16-14-12-10-8-6-4-2/h5,7,11,13,17,19,23,25,27-28,31,33,55H,3-4,6,8-10,12,14-16,18,20-22,24,26,29-30,32,34-54,57H2,1-2H3,(H,59,60)/b7-5-,13-11-,19-17-,25-23-,28-27-,33-31-. The highest BCUT2D eigenvalue weighted by Gasteiger charge is 2.25. The molecule has 0 aromatic carbocycles. The van der Waals surface area contributed by atoms with Crippen molar-refractivity contribution < 1.29 is 32.8 Å². The Kier molecular flexibility index (Phi) is 51.2. The Morgan fingerprint density at radius 1 is 0.477 bits per heavy atom. The minimum absolute atomic E-state index is 0.0957. The van der Waals surface area contributed by atoms with Crippen LogP contribution in [0.15, 0.2) is 72.9 Å². The number of allylic oxidation sites excluding steroid dienone is 12.